The van der Waals surface area contributed by atoms with Gasteiger partial charge in [0.25, 0.3) is 5.91 Å². The number of para-hydroxylation sites is 1. The van der Waals surface area contributed by atoms with Gasteiger partial charge < -0.3 is 20.0 Å². The number of amides is 1. The van der Waals surface area contributed by atoms with Gasteiger partial charge in [-0.1, -0.05) is 60.1 Å². The Hall–Kier alpha value is -3.55. The van der Waals surface area contributed by atoms with E-state index in [2.05, 4.69) is 29.5 Å². The van der Waals surface area contributed by atoms with Crippen molar-refractivity contribution in [2.24, 2.45) is 22.4 Å². The smallest absolute Gasteiger partial charge is 0.278 e. The molecular weight excluding hydrogens is 528 g/mol. The first-order valence-corrected chi connectivity index (χ1v) is 15.0. The van der Waals surface area contributed by atoms with Gasteiger partial charge in [0, 0.05) is 43.2 Å². The molecule has 5 atom stereocenters. The lowest BCUT2D eigenvalue weighted by Gasteiger charge is -2.55. The molecule has 0 bridgehead atoms. The van der Waals surface area contributed by atoms with Crippen LogP contribution >= 0.6 is 0 Å². The number of benzene rings is 2. The standard InChI is InChI=1S/C35H40N2O5/c1-34-20-29(22-9-11-23(12-10-22)32(37-40)33(39)36-25-7-5-4-6-8-25)31-27-16-14-26(38)19-24(27)13-15-28(31)30(34)17-18-35(34,42-3)21-41-2/h4-12,19,28-30,40H,13-18,20-21H2,1-3H3,(H,36,39)/b37-32+/t28-,29+,30-,34-,35+/m0/s1. The van der Waals surface area contributed by atoms with E-state index in [0.29, 0.717) is 36.1 Å². The van der Waals surface area contributed by atoms with Gasteiger partial charge in [-0.25, -0.2) is 0 Å². The fourth-order valence-corrected chi connectivity index (χ4v) is 8.72. The van der Waals surface area contributed by atoms with E-state index >= 15 is 0 Å². The van der Waals surface area contributed by atoms with E-state index in [1.54, 1.807) is 19.2 Å². The van der Waals surface area contributed by atoms with Crippen LogP contribution in [0.1, 0.15) is 68.9 Å². The van der Waals surface area contributed by atoms with E-state index in [1.165, 1.54) is 22.3 Å². The van der Waals surface area contributed by atoms with Crippen LogP contribution in [0.2, 0.25) is 0 Å². The van der Waals surface area contributed by atoms with Crippen LogP contribution in [0, 0.1) is 17.3 Å². The van der Waals surface area contributed by atoms with E-state index < -0.39 is 5.91 Å². The molecule has 2 fully saturated rings. The van der Waals surface area contributed by atoms with Crippen LogP contribution in [0.3, 0.4) is 0 Å². The molecule has 7 heteroatoms. The maximum atomic E-state index is 13.0. The minimum Gasteiger partial charge on any atom is -0.410 e. The summed E-state index contributed by atoms with van der Waals surface area (Å²) in [7, 11) is 3.59. The van der Waals surface area contributed by atoms with Gasteiger partial charge in [-0.2, -0.15) is 0 Å². The van der Waals surface area contributed by atoms with E-state index in [0.717, 1.165) is 38.5 Å². The number of hydrogen-bond acceptors (Lipinski definition) is 6. The SMILES string of the molecule is COC[C@]1(OC)CC[C@H]2[C@@H]3CCC4=CC(=O)CCC4=C3[C@@H](c3ccc(/C(=N\O)C(=O)Nc4ccccc4)cc3)C[C@@]21C. The van der Waals surface area contributed by atoms with Crippen molar-refractivity contribution in [3.8, 4) is 0 Å². The van der Waals surface area contributed by atoms with Gasteiger partial charge in [-0.3, -0.25) is 9.59 Å². The van der Waals surface area contributed by atoms with Gasteiger partial charge in [-0.05, 0) is 85.3 Å². The lowest BCUT2D eigenvalue weighted by molar-refractivity contribution is -0.149. The molecule has 0 aromatic heterocycles. The van der Waals surface area contributed by atoms with Crippen molar-refractivity contribution in [3.05, 3.63) is 88.5 Å². The number of fused-ring (bicyclic) bond motifs is 4. The van der Waals surface area contributed by atoms with Crippen LogP contribution in [0.5, 0.6) is 0 Å². The second kappa shape index (κ2) is 11.3. The molecule has 7 nitrogen and oxygen atoms in total. The lowest BCUT2D eigenvalue weighted by Crippen LogP contribution is -2.54. The van der Waals surface area contributed by atoms with E-state index in [4.69, 9.17) is 9.47 Å². The van der Waals surface area contributed by atoms with Crippen molar-refractivity contribution in [1.29, 1.82) is 0 Å². The van der Waals surface area contributed by atoms with E-state index in [1.807, 2.05) is 43.5 Å². The summed E-state index contributed by atoms with van der Waals surface area (Å²) < 4.78 is 12.1. The van der Waals surface area contributed by atoms with Gasteiger partial charge >= 0.3 is 0 Å². The van der Waals surface area contributed by atoms with Crippen LogP contribution in [-0.4, -0.2) is 49.0 Å². The lowest BCUT2D eigenvalue weighted by atomic mass is 9.51. The fourth-order valence-electron chi connectivity index (χ4n) is 8.72. The highest BCUT2D eigenvalue weighted by Gasteiger charge is 2.63. The summed E-state index contributed by atoms with van der Waals surface area (Å²) in [6.07, 6.45) is 8.25. The summed E-state index contributed by atoms with van der Waals surface area (Å²) in [6, 6.07) is 17.0. The van der Waals surface area contributed by atoms with E-state index in [-0.39, 0.29) is 28.4 Å². The monoisotopic (exact) mass is 568 g/mol. The zero-order valence-electron chi connectivity index (χ0n) is 24.7. The summed E-state index contributed by atoms with van der Waals surface area (Å²) in [5, 5.41) is 15.9. The topological polar surface area (TPSA) is 97.2 Å². The van der Waals surface area contributed by atoms with Crippen molar-refractivity contribution in [2.75, 3.05) is 26.1 Å². The number of hydrogen-bond donors (Lipinski definition) is 2. The summed E-state index contributed by atoms with van der Waals surface area (Å²) in [5.41, 5.74) is 5.97. The number of allylic oxidation sites excluding steroid dienone is 4. The Kier molecular flexibility index (Phi) is 7.66. The Balaban J connectivity index is 1.39. The molecule has 220 valence electrons. The highest BCUT2D eigenvalue weighted by molar-refractivity contribution is 6.48. The third-order valence-electron chi connectivity index (χ3n) is 10.7. The molecule has 0 heterocycles. The van der Waals surface area contributed by atoms with Crippen molar-refractivity contribution in [1.82, 2.24) is 0 Å². The highest BCUT2D eigenvalue weighted by Crippen LogP contribution is 2.67. The number of carbonyl (C=O) groups is 2. The van der Waals surface area contributed by atoms with Crippen LogP contribution < -0.4 is 5.32 Å². The minimum atomic E-state index is -0.473. The first-order chi connectivity index (χ1) is 20.3. The summed E-state index contributed by atoms with van der Waals surface area (Å²) >= 11 is 0. The second-order valence-electron chi connectivity index (χ2n) is 12.6. The zero-order valence-corrected chi connectivity index (χ0v) is 24.7. The van der Waals surface area contributed by atoms with Crippen molar-refractivity contribution >= 4 is 23.1 Å². The van der Waals surface area contributed by atoms with E-state index in [9.17, 15) is 14.8 Å². The quantitative estimate of drug-likeness (QED) is 0.228. The van der Waals surface area contributed by atoms with Crippen molar-refractivity contribution < 1.29 is 24.3 Å². The number of nitrogens with one attached hydrogen (secondary N) is 1. The van der Waals surface area contributed by atoms with Gasteiger partial charge in [0.2, 0.25) is 0 Å². The first kappa shape index (κ1) is 28.6. The maximum Gasteiger partial charge on any atom is 0.278 e. The van der Waals surface area contributed by atoms with Crippen LogP contribution in [0.15, 0.2) is 82.5 Å². The van der Waals surface area contributed by atoms with Gasteiger partial charge in [0.1, 0.15) is 0 Å². The predicted molar refractivity (Wildman–Crippen MR) is 162 cm³/mol. The number of ketones is 1. The van der Waals surface area contributed by atoms with Gasteiger partial charge in [0.05, 0.1) is 12.2 Å². The highest BCUT2D eigenvalue weighted by atomic mass is 16.5. The summed E-state index contributed by atoms with van der Waals surface area (Å²) in [4.78, 5) is 25.3. The number of nitrogens with zero attached hydrogens (tertiary/aromatic N) is 1. The Morgan fingerprint density at radius 3 is 2.50 bits per heavy atom. The van der Waals surface area contributed by atoms with Crippen molar-refractivity contribution in [3.63, 3.8) is 0 Å². The number of carbonyl (C=O) groups excluding carboxylic acids is 2. The molecule has 6 rings (SSSR count). The molecule has 42 heavy (non-hydrogen) atoms. The zero-order chi connectivity index (χ0) is 29.5. The Morgan fingerprint density at radius 1 is 1.05 bits per heavy atom. The molecule has 2 N–H and O–H groups in total. The molecule has 0 spiro atoms. The molecular formula is C35H40N2O5. The largest absolute Gasteiger partial charge is 0.410 e. The average molecular weight is 569 g/mol. The number of rotatable bonds is 7. The summed E-state index contributed by atoms with van der Waals surface area (Å²) in [5.74, 6) is 0.819. The molecule has 0 radical (unpaired) electrons. The molecule has 4 aliphatic carbocycles. The maximum absolute atomic E-state index is 13.0. The molecule has 1 amide bonds. The Labute approximate surface area is 247 Å². The van der Waals surface area contributed by atoms with Crippen LogP contribution in [-0.2, 0) is 19.1 Å². The van der Waals surface area contributed by atoms with Gasteiger partial charge in [-0.15, -0.1) is 0 Å². The number of ether oxygens (including phenoxy) is 2. The molecule has 0 aliphatic heterocycles. The third kappa shape index (κ3) is 4.63. The normalized spacial score (nSPS) is 30.7. The predicted octanol–water partition coefficient (Wildman–Crippen LogP) is 6.43. The summed E-state index contributed by atoms with van der Waals surface area (Å²) in [6.45, 7) is 2.96. The van der Waals surface area contributed by atoms with Crippen LogP contribution in [0.4, 0.5) is 5.69 Å². The molecule has 2 aromatic rings. The van der Waals surface area contributed by atoms with Crippen molar-refractivity contribution in [2.45, 2.75) is 63.4 Å². The number of anilines is 1. The second-order valence-corrected chi connectivity index (χ2v) is 12.6. The Bertz CT molecular complexity index is 1460. The minimum absolute atomic E-state index is 0.0380. The molecule has 4 aliphatic rings. The Morgan fingerprint density at radius 2 is 1.81 bits per heavy atom. The fraction of sp³-hybridized carbons (Fsp3) is 0.457. The first-order valence-electron chi connectivity index (χ1n) is 15.0. The molecule has 0 unspecified atom stereocenters. The average Bonchev–Trinajstić information content (AvgIpc) is 3.29. The molecule has 2 aromatic carbocycles. The van der Waals surface area contributed by atoms with Gasteiger partial charge in [0.15, 0.2) is 11.5 Å². The van der Waals surface area contributed by atoms with Crippen LogP contribution in [0.25, 0.3) is 0 Å². The number of oxime groups is 1. The molecule has 2 saturated carbocycles. The molecule has 0 saturated heterocycles. The third-order valence-corrected chi connectivity index (χ3v) is 10.7. The number of methoxy groups -OCH3 is 2.